The van der Waals surface area contributed by atoms with Gasteiger partial charge in [-0.2, -0.15) is 0 Å². The lowest BCUT2D eigenvalue weighted by atomic mass is 9.94. The molecular weight excluding hydrogens is 266 g/mol. The molecule has 0 aromatic carbocycles. The minimum Gasteiger partial charge on any atom is -0.388 e. The molecule has 0 radical (unpaired) electrons. The molecule has 0 atom stereocenters. The first-order chi connectivity index (χ1) is 9.06. The molecule has 2 rings (SSSR count). The van der Waals surface area contributed by atoms with Gasteiger partial charge in [-0.05, 0) is 18.0 Å². The molecule has 0 unspecified atom stereocenters. The molecule has 1 aromatic rings. The second kappa shape index (κ2) is 5.94. The van der Waals surface area contributed by atoms with Crippen molar-refractivity contribution in [2.75, 3.05) is 26.8 Å². The highest BCUT2D eigenvalue weighted by molar-refractivity contribution is 7.07. The van der Waals surface area contributed by atoms with E-state index in [0.717, 1.165) is 17.2 Å². The molecule has 1 aromatic heterocycles. The van der Waals surface area contributed by atoms with Gasteiger partial charge in [-0.3, -0.25) is 4.79 Å². The van der Waals surface area contributed by atoms with Crippen molar-refractivity contribution in [1.82, 2.24) is 14.5 Å². The zero-order chi connectivity index (χ0) is 13.9. The van der Waals surface area contributed by atoms with Crippen molar-refractivity contribution in [2.24, 2.45) is 0 Å². The van der Waals surface area contributed by atoms with Gasteiger partial charge >= 0.3 is 0 Å². The van der Waals surface area contributed by atoms with Gasteiger partial charge in [0.1, 0.15) is 4.88 Å². The van der Waals surface area contributed by atoms with Crippen molar-refractivity contribution in [2.45, 2.75) is 31.8 Å². The summed E-state index contributed by atoms with van der Waals surface area (Å²) in [7, 11) is 1.70. The summed E-state index contributed by atoms with van der Waals surface area (Å²) in [6.07, 6.45) is 1.81. The van der Waals surface area contributed by atoms with Crippen LogP contribution in [0, 0.1) is 0 Å². The molecule has 106 valence electrons. The number of likely N-dealkylation sites (N-methyl/N-ethyl adjacent to an activating group) is 1. The molecular formula is C12H19N3O3S. The Kier molecular flexibility index (Phi) is 4.49. The maximum absolute atomic E-state index is 12.3. The molecule has 1 amide bonds. The minimum atomic E-state index is -0.840. The van der Waals surface area contributed by atoms with E-state index in [1.165, 1.54) is 0 Å². The second-order valence-electron chi connectivity index (χ2n) is 4.90. The number of ether oxygens (including phenoxy) is 1. The molecule has 2 heterocycles. The summed E-state index contributed by atoms with van der Waals surface area (Å²) in [4.78, 5) is 14.4. The van der Waals surface area contributed by atoms with Crippen LogP contribution in [0.1, 0.15) is 35.1 Å². The molecule has 1 aliphatic heterocycles. The van der Waals surface area contributed by atoms with Gasteiger partial charge in [0, 0.05) is 39.6 Å². The Hall–Kier alpha value is -1.05. The van der Waals surface area contributed by atoms with Crippen LogP contribution in [0.15, 0.2) is 0 Å². The van der Waals surface area contributed by atoms with Gasteiger partial charge in [-0.25, -0.2) is 0 Å². The number of aryl methyl sites for hydroxylation is 1. The number of rotatable bonds is 4. The summed E-state index contributed by atoms with van der Waals surface area (Å²) < 4.78 is 9.06. The third kappa shape index (κ3) is 3.29. The Bertz CT molecular complexity index is 443. The lowest BCUT2D eigenvalue weighted by molar-refractivity contribution is -0.0734. The number of hydrogen-bond acceptors (Lipinski definition) is 6. The quantitative estimate of drug-likeness (QED) is 0.882. The topological polar surface area (TPSA) is 75.6 Å². The molecule has 0 bridgehead atoms. The van der Waals surface area contributed by atoms with Gasteiger partial charge in [-0.15, -0.1) is 5.10 Å². The predicted molar refractivity (Wildman–Crippen MR) is 71.3 cm³/mol. The fourth-order valence-corrected chi connectivity index (χ4v) is 2.94. The SMILES string of the molecule is CCc1nnsc1C(=O)N(C)CC1(O)CCOCC1. The summed E-state index contributed by atoms with van der Waals surface area (Å²) in [5, 5.41) is 14.4. The summed E-state index contributed by atoms with van der Waals surface area (Å²) in [5.41, 5.74) is -0.117. The van der Waals surface area contributed by atoms with Gasteiger partial charge in [0.2, 0.25) is 0 Å². The van der Waals surface area contributed by atoms with Crippen molar-refractivity contribution in [3.05, 3.63) is 10.6 Å². The van der Waals surface area contributed by atoms with Gasteiger partial charge < -0.3 is 14.7 Å². The first kappa shape index (κ1) is 14.4. The summed E-state index contributed by atoms with van der Waals surface area (Å²) in [6.45, 7) is 3.34. The van der Waals surface area contributed by atoms with E-state index < -0.39 is 5.60 Å². The number of nitrogens with zero attached hydrogens (tertiary/aromatic N) is 3. The van der Waals surface area contributed by atoms with Crippen LogP contribution in [-0.2, 0) is 11.2 Å². The maximum atomic E-state index is 12.3. The molecule has 1 saturated heterocycles. The minimum absolute atomic E-state index is 0.119. The highest BCUT2D eigenvalue weighted by Crippen LogP contribution is 2.23. The fourth-order valence-electron chi connectivity index (χ4n) is 2.20. The third-order valence-corrected chi connectivity index (χ3v) is 4.14. The van der Waals surface area contributed by atoms with Gasteiger partial charge in [0.25, 0.3) is 5.91 Å². The van der Waals surface area contributed by atoms with E-state index in [1.807, 2.05) is 6.92 Å². The summed E-state index contributed by atoms with van der Waals surface area (Å²) in [6, 6.07) is 0. The van der Waals surface area contributed by atoms with Crippen molar-refractivity contribution >= 4 is 17.4 Å². The number of amides is 1. The standard InChI is InChI=1S/C12H19N3O3S/c1-3-9-10(19-14-13-9)11(16)15(2)8-12(17)4-6-18-7-5-12/h17H,3-8H2,1-2H3. The molecule has 1 aliphatic rings. The van der Waals surface area contributed by atoms with Crippen LogP contribution in [0.4, 0.5) is 0 Å². The number of aliphatic hydroxyl groups is 1. The van der Waals surface area contributed by atoms with Crippen LogP contribution in [0.2, 0.25) is 0 Å². The highest BCUT2D eigenvalue weighted by atomic mass is 32.1. The molecule has 0 spiro atoms. The van der Waals surface area contributed by atoms with E-state index in [2.05, 4.69) is 9.59 Å². The fraction of sp³-hybridized carbons (Fsp3) is 0.750. The Balaban J connectivity index is 2.03. The highest BCUT2D eigenvalue weighted by Gasteiger charge is 2.33. The zero-order valence-corrected chi connectivity index (χ0v) is 12.1. The molecule has 19 heavy (non-hydrogen) atoms. The summed E-state index contributed by atoms with van der Waals surface area (Å²) in [5.74, 6) is -0.119. The number of carbonyl (C=O) groups is 1. The van der Waals surface area contributed by atoms with Crippen LogP contribution in [0.5, 0.6) is 0 Å². The Labute approximate surface area is 116 Å². The number of hydrogen-bond donors (Lipinski definition) is 1. The van der Waals surface area contributed by atoms with Crippen LogP contribution < -0.4 is 0 Å². The van der Waals surface area contributed by atoms with E-state index in [9.17, 15) is 9.90 Å². The monoisotopic (exact) mass is 285 g/mol. The van der Waals surface area contributed by atoms with E-state index in [4.69, 9.17) is 4.74 Å². The molecule has 6 nitrogen and oxygen atoms in total. The lowest BCUT2D eigenvalue weighted by Gasteiger charge is -2.35. The molecule has 1 N–H and O–H groups in total. The zero-order valence-electron chi connectivity index (χ0n) is 11.3. The Morgan fingerprint density at radius 2 is 2.21 bits per heavy atom. The van der Waals surface area contributed by atoms with Gasteiger partial charge in [0.15, 0.2) is 0 Å². The number of aromatic nitrogens is 2. The maximum Gasteiger partial charge on any atom is 0.267 e. The van der Waals surface area contributed by atoms with Crippen molar-refractivity contribution < 1.29 is 14.6 Å². The van der Waals surface area contributed by atoms with Crippen LogP contribution in [0.25, 0.3) is 0 Å². The first-order valence-corrected chi connectivity index (χ1v) is 7.20. The number of carbonyl (C=O) groups excluding carboxylic acids is 1. The van der Waals surface area contributed by atoms with Crippen LogP contribution in [-0.4, -0.2) is 57.9 Å². The third-order valence-electron chi connectivity index (χ3n) is 3.39. The van der Waals surface area contributed by atoms with E-state index >= 15 is 0 Å². The largest absolute Gasteiger partial charge is 0.388 e. The van der Waals surface area contributed by atoms with E-state index in [-0.39, 0.29) is 5.91 Å². The normalized spacial score (nSPS) is 18.3. The molecule has 7 heteroatoms. The summed E-state index contributed by atoms with van der Waals surface area (Å²) >= 11 is 1.11. The predicted octanol–water partition coefficient (Wildman–Crippen LogP) is 0.714. The first-order valence-electron chi connectivity index (χ1n) is 6.42. The van der Waals surface area contributed by atoms with Gasteiger partial charge in [-0.1, -0.05) is 11.4 Å². The van der Waals surface area contributed by atoms with E-state index in [1.54, 1.807) is 11.9 Å². The average molecular weight is 285 g/mol. The molecule has 0 saturated carbocycles. The van der Waals surface area contributed by atoms with Crippen molar-refractivity contribution in [3.8, 4) is 0 Å². The lowest BCUT2D eigenvalue weighted by Crippen LogP contribution is -2.47. The van der Waals surface area contributed by atoms with E-state index in [0.29, 0.717) is 43.9 Å². The molecule has 0 aliphatic carbocycles. The molecule has 1 fully saturated rings. The Morgan fingerprint density at radius 3 is 2.84 bits per heavy atom. The van der Waals surface area contributed by atoms with Crippen molar-refractivity contribution in [3.63, 3.8) is 0 Å². The second-order valence-corrected chi connectivity index (χ2v) is 5.65. The smallest absolute Gasteiger partial charge is 0.267 e. The Morgan fingerprint density at radius 1 is 1.53 bits per heavy atom. The van der Waals surface area contributed by atoms with Gasteiger partial charge in [0.05, 0.1) is 11.3 Å². The van der Waals surface area contributed by atoms with Crippen LogP contribution >= 0.6 is 11.5 Å². The van der Waals surface area contributed by atoms with Crippen molar-refractivity contribution in [1.29, 1.82) is 0 Å². The average Bonchev–Trinajstić information content (AvgIpc) is 2.86. The van der Waals surface area contributed by atoms with Crippen LogP contribution in [0.3, 0.4) is 0 Å².